The Morgan fingerprint density at radius 2 is 1.74 bits per heavy atom. The molecule has 0 radical (unpaired) electrons. The van der Waals surface area contributed by atoms with Crippen LogP contribution in [0.25, 0.3) is 0 Å². The van der Waals surface area contributed by atoms with Crippen molar-refractivity contribution in [3.05, 3.63) is 93.0 Å². The highest BCUT2D eigenvalue weighted by molar-refractivity contribution is 6.31. The van der Waals surface area contributed by atoms with Crippen LogP contribution in [-0.2, 0) is 6.18 Å². The van der Waals surface area contributed by atoms with Crippen LogP contribution in [0.15, 0.2) is 70.5 Å². The Bertz CT molecular complexity index is 1170. The van der Waals surface area contributed by atoms with E-state index in [1.807, 2.05) is 0 Å². The van der Waals surface area contributed by atoms with Crippen molar-refractivity contribution >= 4 is 35.0 Å². The number of hydrogen-bond acceptors (Lipinski definition) is 3. The van der Waals surface area contributed by atoms with E-state index in [1.54, 1.807) is 0 Å². The summed E-state index contributed by atoms with van der Waals surface area (Å²) in [6.45, 7) is 0. The predicted molar refractivity (Wildman–Crippen MR) is 108 cm³/mol. The normalized spacial score (nSPS) is 11.8. The molecule has 11 heteroatoms. The minimum Gasteiger partial charge on any atom is -0.325 e. The Labute approximate surface area is 177 Å². The van der Waals surface area contributed by atoms with Gasteiger partial charge in [-0.25, -0.2) is 4.39 Å². The number of carbonyl (C=O) groups excluding carboxylic acids is 1. The van der Waals surface area contributed by atoms with E-state index in [1.165, 1.54) is 24.3 Å². The molecular weight excluding hydrogens is 440 g/mol. The van der Waals surface area contributed by atoms with Crippen LogP contribution in [0.1, 0.15) is 15.9 Å². The molecule has 6 nitrogen and oxygen atoms in total. The lowest BCUT2D eigenvalue weighted by Gasteiger charge is -2.13. The first-order valence-electron chi connectivity index (χ1n) is 8.60. The third-order valence-electron chi connectivity index (χ3n) is 3.82. The molecule has 3 rings (SSSR count). The number of hydrogen-bond donors (Lipinski definition) is 3. The number of nitrogens with zero attached hydrogens (tertiary/aromatic N) is 1. The molecule has 0 atom stereocenters. The summed E-state index contributed by atoms with van der Waals surface area (Å²) in [6.07, 6.45) is -4.54. The highest BCUT2D eigenvalue weighted by Gasteiger charge is 2.30. The van der Waals surface area contributed by atoms with E-state index >= 15 is 0 Å². The van der Waals surface area contributed by atoms with E-state index in [-0.39, 0.29) is 28.1 Å². The quantitative estimate of drug-likeness (QED) is 0.305. The number of amides is 1. The van der Waals surface area contributed by atoms with Gasteiger partial charge in [-0.2, -0.15) is 18.2 Å². The molecule has 1 aromatic heterocycles. The SMILES string of the molecule is O=C(N/C(=N\c1cccc(=O)[nH]1)Nc1cc(F)cc(Cl)c1)c1ccc(C(F)(F)F)cc1. The molecule has 0 aliphatic rings. The van der Waals surface area contributed by atoms with Gasteiger partial charge in [-0.05, 0) is 48.5 Å². The number of benzene rings is 2. The molecule has 31 heavy (non-hydrogen) atoms. The number of carbonyl (C=O) groups is 1. The Morgan fingerprint density at radius 3 is 2.35 bits per heavy atom. The highest BCUT2D eigenvalue weighted by atomic mass is 35.5. The van der Waals surface area contributed by atoms with Crippen LogP contribution in [-0.4, -0.2) is 16.9 Å². The molecule has 2 aromatic carbocycles. The van der Waals surface area contributed by atoms with E-state index in [9.17, 15) is 27.2 Å². The van der Waals surface area contributed by atoms with Gasteiger partial charge in [0, 0.05) is 22.3 Å². The molecule has 0 bridgehead atoms. The highest BCUT2D eigenvalue weighted by Crippen LogP contribution is 2.29. The summed E-state index contributed by atoms with van der Waals surface area (Å²) in [7, 11) is 0. The van der Waals surface area contributed by atoms with Crippen LogP contribution in [0, 0.1) is 5.82 Å². The maximum Gasteiger partial charge on any atom is 0.416 e. The second-order valence-electron chi connectivity index (χ2n) is 6.17. The third kappa shape index (κ3) is 6.16. The maximum absolute atomic E-state index is 13.6. The van der Waals surface area contributed by atoms with E-state index in [0.717, 1.165) is 36.4 Å². The van der Waals surface area contributed by atoms with Crippen LogP contribution < -0.4 is 16.2 Å². The number of H-pyrrole nitrogens is 1. The molecule has 0 aliphatic heterocycles. The first-order chi connectivity index (χ1) is 14.6. The molecule has 160 valence electrons. The number of aliphatic imine (C=N–C) groups is 1. The first-order valence-corrected chi connectivity index (χ1v) is 8.98. The van der Waals surface area contributed by atoms with Crippen LogP contribution >= 0.6 is 11.6 Å². The first kappa shape index (κ1) is 22.0. The van der Waals surface area contributed by atoms with Gasteiger partial charge in [0.15, 0.2) is 0 Å². The Kier molecular flexibility index (Phi) is 6.40. The molecule has 0 fully saturated rings. The second kappa shape index (κ2) is 9.00. The Morgan fingerprint density at radius 1 is 1.03 bits per heavy atom. The molecule has 1 heterocycles. The average molecular weight is 453 g/mol. The van der Waals surface area contributed by atoms with Crippen molar-refractivity contribution in [1.82, 2.24) is 10.3 Å². The van der Waals surface area contributed by atoms with Crippen molar-refractivity contribution in [2.75, 3.05) is 5.32 Å². The molecule has 0 unspecified atom stereocenters. The van der Waals surface area contributed by atoms with E-state index in [2.05, 4.69) is 20.6 Å². The van der Waals surface area contributed by atoms with Gasteiger partial charge >= 0.3 is 6.18 Å². The summed E-state index contributed by atoms with van der Waals surface area (Å²) >= 11 is 5.82. The number of halogens is 5. The lowest BCUT2D eigenvalue weighted by Crippen LogP contribution is -2.36. The molecule has 0 saturated carbocycles. The Balaban J connectivity index is 1.90. The Hall–Kier alpha value is -3.66. The predicted octanol–water partition coefficient (Wildman–Crippen LogP) is 4.72. The zero-order valence-electron chi connectivity index (χ0n) is 15.4. The lowest BCUT2D eigenvalue weighted by molar-refractivity contribution is -0.137. The van der Waals surface area contributed by atoms with Gasteiger partial charge in [-0.1, -0.05) is 17.7 Å². The molecule has 0 aliphatic carbocycles. The van der Waals surface area contributed by atoms with Crippen LogP contribution in [0.4, 0.5) is 29.1 Å². The number of alkyl halides is 3. The number of aromatic nitrogens is 1. The van der Waals surface area contributed by atoms with Gasteiger partial charge in [0.2, 0.25) is 11.5 Å². The minimum absolute atomic E-state index is 0.0604. The van der Waals surface area contributed by atoms with E-state index in [4.69, 9.17) is 11.6 Å². The zero-order chi connectivity index (χ0) is 22.6. The zero-order valence-corrected chi connectivity index (χ0v) is 16.2. The summed E-state index contributed by atoms with van der Waals surface area (Å²) in [6, 6.07) is 11.1. The average Bonchev–Trinajstić information content (AvgIpc) is 2.66. The van der Waals surface area contributed by atoms with Crippen molar-refractivity contribution in [2.45, 2.75) is 6.18 Å². The number of aromatic amines is 1. The molecule has 0 spiro atoms. The molecule has 1 amide bonds. The van der Waals surface area contributed by atoms with Crippen LogP contribution in [0.5, 0.6) is 0 Å². The van der Waals surface area contributed by atoms with Gasteiger partial charge in [0.1, 0.15) is 11.6 Å². The third-order valence-corrected chi connectivity index (χ3v) is 4.04. The molecule has 3 aromatic rings. The fourth-order valence-electron chi connectivity index (χ4n) is 2.46. The van der Waals surface area contributed by atoms with Crippen LogP contribution in [0.3, 0.4) is 0 Å². The van der Waals surface area contributed by atoms with E-state index < -0.39 is 29.0 Å². The monoisotopic (exact) mass is 452 g/mol. The fraction of sp³-hybridized carbons (Fsp3) is 0.0500. The van der Waals surface area contributed by atoms with E-state index in [0.29, 0.717) is 0 Å². The fourth-order valence-corrected chi connectivity index (χ4v) is 2.68. The number of nitrogens with one attached hydrogen (secondary N) is 3. The lowest BCUT2D eigenvalue weighted by atomic mass is 10.1. The number of pyridine rings is 1. The summed E-state index contributed by atoms with van der Waals surface area (Å²) in [5.74, 6) is -1.61. The topological polar surface area (TPSA) is 86.3 Å². The summed E-state index contributed by atoms with van der Waals surface area (Å²) < 4.78 is 51.8. The summed E-state index contributed by atoms with van der Waals surface area (Å²) in [4.78, 5) is 30.5. The van der Waals surface area contributed by atoms with Crippen molar-refractivity contribution in [1.29, 1.82) is 0 Å². The van der Waals surface area contributed by atoms with Gasteiger partial charge in [-0.15, -0.1) is 0 Å². The maximum atomic E-state index is 13.6. The minimum atomic E-state index is -4.54. The van der Waals surface area contributed by atoms with Gasteiger partial charge < -0.3 is 10.3 Å². The van der Waals surface area contributed by atoms with Crippen molar-refractivity contribution in [3.8, 4) is 0 Å². The van der Waals surface area contributed by atoms with Crippen LogP contribution in [0.2, 0.25) is 5.02 Å². The van der Waals surface area contributed by atoms with Gasteiger partial charge in [-0.3, -0.25) is 14.9 Å². The summed E-state index contributed by atoms with van der Waals surface area (Å²) in [5, 5.41) is 5.11. The van der Waals surface area contributed by atoms with Crippen molar-refractivity contribution in [3.63, 3.8) is 0 Å². The van der Waals surface area contributed by atoms with Crippen molar-refractivity contribution in [2.24, 2.45) is 4.99 Å². The van der Waals surface area contributed by atoms with Crippen molar-refractivity contribution < 1.29 is 22.4 Å². The van der Waals surface area contributed by atoms with Gasteiger partial charge in [0.25, 0.3) is 5.91 Å². The molecule has 0 saturated heterocycles. The largest absolute Gasteiger partial charge is 0.416 e. The number of anilines is 1. The smallest absolute Gasteiger partial charge is 0.325 e. The van der Waals surface area contributed by atoms with Gasteiger partial charge in [0.05, 0.1) is 5.56 Å². The summed E-state index contributed by atoms with van der Waals surface area (Å²) in [5.41, 5.74) is -1.31. The number of rotatable bonds is 3. The molecule has 3 N–H and O–H groups in total. The molecular formula is C20H13ClF4N4O2. The standard InChI is InChI=1S/C20H13ClF4N4O2/c21-13-8-14(22)10-15(9-13)26-19(28-16-2-1-3-17(30)27-16)29-18(31)11-4-6-12(7-5-11)20(23,24)25/h1-10H,(H3,26,27,28,29,30,31). The number of guanidine groups is 1. The second-order valence-corrected chi connectivity index (χ2v) is 6.61.